The first-order valence-electron chi connectivity index (χ1n) is 11.1. The monoisotopic (exact) mass is 498 g/mol. The lowest BCUT2D eigenvalue weighted by atomic mass is 9.91. The molecule has 0 aliphatic heterocycles. The van der Waals surface area contributed by atoms with E-state index >= 15 is 0 Å². The van der Waals surface area contributed by atoms with Crippen molar-refractivity contribution in [3.8, 4) is 11.5 Å². The molecule has 1 aliphatic carbocycles. The van der Waals surface area contributed by atoms with Crippen LogP contribution in [0, 0.1) is 0 Å². The summed E-state index contributed by atoms with van der Waals surface area (Å²) in [7, 11) is 5.71. The third kappa shape index (κ3) is 5.10. The van der Waals surface area contributed by atoms with E-state index in [1.165, 1.54) is 11.1 Å². The molecule has 1 aromatic heterocycles. The number of hydrogen-bond donors (Lipinski definition) is 3. The molecule has 4 rings (SSSR count). The molecule has 32 heavy (non-hydrogen) atoms. The number of phenolic OH excluding ortho intramolecular Hbond substituents is 1. The van der Waals surface area contributed by atoms with Crippen LogP contribution in [0.5, 0.6) is 11.5 Å². The number of nitrogens with one attached hydrogen (secondary N) is 2. The summed E-state index contributed by atoms with van der Waals surface area (Å²) in [6.07, 6.45) is 4.32. The maximum Gasteiger partial charge on any atom is 0.162 e. The molecule has 0 spiro atoms. The molecule has 2 aromatic carbocycles. The number of hydrogen-bond acceptors (Lipinski definition) is 6. The third-order valence-corrected chi connectivity index (χ3v) is 6.63. The summed E-state index contributed by atoms with van der Waals surface area (Å²) in [5.74, 6) is 1.64. The highest BCUT2D eigenvalue weighted by Gasteiger charge is 2.22. The van der Waals surface area contributed by atoms with Crippen molar-refractivity contribution >= 4 is 38.3 Å². The van der Waals surface area contributed by atoms with Crippen molar-refractivity contribution in [2.45, 2.75) is 44.3 Å². The highest BCUT2D eigenvalue weighted by molar-refractivity contribution is 9.10. The fraction of sp³-hybridized carbons (Fsp3) is 0.400. The van der Waals surface area contributed by atoms with Crippen molar-refractivity contribution in [1.82, 2.24) is 10.3 Å². The molecule has 0 unspecified atom stereocenters. The average molecular weight is 499 g/mol. The third-order valence-electron chi connectivity index (χ3n) is 6.18. The smallest absolute Gasteiger partial charge is 0.162 e. The molecule has 0 radical (unpaired) electrons. The van der Waals surface area contributed by atoms with Crippen LogP contribution >= 0.6 is 15.9 Å². The Hall–Kier alpha value is -2.51. The molecule has 7 heteroatoms. The molecule has 0 saturated heterocycles. The summed E-state index contributed by atoms with van der Waals surface area (Å²) in [6, 6.07) is 15.0. The summed E-state index contributed by atoms with van der Waals surface area (Å²) >= 11 is 3.49. The molecule has 1 heterocycles. The van der Waals surface area contributed by atoms with Crippen LogP contribution in [0.2, 0.25) is 0 Å². The van der Waals surface area contributed by atoms with Crippen molar-refractivity contribution in [1.29, 1.82) is 0 Å². The Morgan fingerprint density at radius 1 is 1.09 bits per heavy atom. The zero-order chi connectivity index (χ0) is 22.7. The molecule has 3 N–H and O–H groups in total. The number of phenols is 1. The SMILES string of the molecule is COc1cc(Br)cc(CNC2CCC(Nc3cc(N(C)C)c4ccccc4n3)CC2)c1O. The Morgan fingerprint density at radius 3 is 2.53 bits per heavy atom. The number of para-hydroxylation sites is 1. The van der Waals surface area contributed by atoms with Gasteiger partial charge in [0.15, 0.2) is 11.5 Å². The van der Waals surface area contributed by atoms with Gasteiger partial charge in [-0.1, -0.05) is 34.1 Å². The first-order valence-corrected chi connectivity index (χ1v) is 11.9. The Labute approximate surface area is 198 Å². The van der Waals surface area contributed by atoms with Gasteiger partial charge in [-0.3, -0.25) is 0 Å². The second-order valence-corrected chi connectivity index (χ2v) is 9.54. The summed E-state index contributed by atoms with van der Waals surface area (Å²) < 4.78 is 6.15. The number of aromatic nitrogens is 1. The number of aromatic hydroxyl groups is 1. The van der Waals surface area contributed by atoms with Crippen molar-refractivity contribution < 1.29 is 9.84 Å². The molecule has 1 fully saturated rings. The number of methoxy groups -OCH3 is 1. The lowest BCUT2D eigenvalue weighted by molar-refractivity contribution is 0.345. The van der Waals surface area contributed by atoms with Gasteiger partial charge >= 0.3 is 0 Å². The zero-order valence-corrected chi connectivity index (χ0v) is 20.4. The van der Waals surface area contributed by atoms with Crippen LogP contribution in [0.3, 0.4) is 0 Å². The van der Waals surface area contributed by atoms with Gasteiger partial charge in [0.1, 0.15) is 5.82 Å². The second kappa shape index (κ2) is 9.96. The van der Waals surface area contributed by atoms with E-state index in [0.29, 0.717) is 24.4 Å². The summed E-state index contributed by atoms with van der Waals surface area (Å²) in [4.78, 5) is 6.99. The van der Waals surface area contributed by atoms with E-state index < -0.39 is 0 Å². The number of halogens is 1. The van der Waals surface area contributed by atoms with Gasteiger partial charge in [-0.25, -0.2) is 4.98 Å². The zero-order valence-electron chi connectivity index (χ0n) is 18.9. The minimum atomic E-state index is 0.206. The van der Waals surface area contributed by atoms with Gasteiger partial charge in [0.25, 0.3) is 0 Å². The minimum absolute atomic E-state index is 0.206. The lowest BCUT2D eigenvalue weighted by Crippen LogP contribution is -2.36. The molecule has 1 aliphatic rings. The summed E-state index contributed by atoms with van der Waals surface area (Å²) in [6.45, 7) is 0.614. The van der Waals surface area contributed by atoms with Gasteiger partial charge in [-0.2, -0.15) is 0 Å². The van der Waals surface area contributed by atoms with Gasteiger partial charge in [0.2, 0.25) is 0 Å². The summed E-state index contributed by atoms with van der Waals surface area (Å²) in [5, 5.41) is 18.8. The van der Waals surface area contributed by atoms with Gasteiger partial charge in [-0.05, 0) is 43.9 Å². The van der Waals surface area contributed by atoms with E-state index in [1.54, 1.807) is 13.2 Å². The number of benzene rings is 2. The summed E-state index contributed by atoms with van der Waals surface area (Å²) in [5.41, 5.74) is 3.03. The Balaban J connectivity index is 1.35. The number of pyridine rings is 1. The van der Waals surface area contributed by atoms with E-state index in [9.17, 15) is 5.11 Å². The number of anilines is 2. The Morgan fingerprint density at radius 2 is 1.81 bits per heavy atom. The molecule has 3 aromatic rings. The van der Waals surface area contributed by atoms with Crippen molar-refractivity contribution in [3.05, 3.63) is 52.5 Å². The maximum atomic E-state index is 10.4. The lowest BCUT2D eigenvalue weighted by Gasteiger charge is -2.30. The van der Waals surface area contributed by atoms with E-state index in [4.69, 9.17) is 9.72 Å². The fourth-order valence-corrected chi connectivity index (χ4v) is 4.91. The molecule has 0 amide bonds. The van der Waals surface area contributed by atoms with Crippen LogP contribution in [-0.2, 0) is 6.54 Å². The number of ether oxygens (including phenoxy) is 1. The molecule has 6 nitrogen and oxygen atoms in total. The normalized spacial score (nSPS) is 18.5. The van der Waals surface area contributed by atoms with E-state index in [0.717, 1.165) is 47.1 Å². The molecule has 0 bridgehead atoms. The van der Waals surface area contributed by atoms with Gasteiger partial charge in [0, 0.05) is 59.9 Å². The number of nitrogens with zero attached hydrogens (tertiary/aromatic N) is 2. The van der Waals surface area contributed by atoms with Crippen molar-refractivity contribution in [3.63, 3.8) is 0 Å². The highest BCUT2D eigenvalue weighted by Crippen LogP contribution is 2.34. The topological polar surface area (TPSA) is 69.7 Å². The predicted molar refractivity (Wildman–Crippen MR) is 135 cm³/mol. The van der Waals surface area contributed by atoms with Crippen molar-refractivity contribution in [2.75, 3.05) is 31.4 Å². The van der Waals surface area contributed by atoms with Crippen LogP contribution in [-0.4, -0.2) is 43.4 Å². The Kier molecular flexibility index (Phi) is 7.06. The first kappa shape index (κ1) is 22.7. The number of fused-ring (bicyclic) bond motifs is 1. The van der Waals surface area contributed by atoms with E-state index in [1.807, 2.05) is 12.1 Å². The van der Waals surface area contributed by atoms with Crippen LogP contribution < -0.4 is 20.3 Å². The van der Waals surface area contributed by atoms with Crippen LogP contribution in [0.15, 0.2) is 46.9 Å². The standard InChI is InChI=1S/C25H31BrN4O2/c1-30(2)22-14-24(29-21-7-5-4-6-20(21)22)28-19-10-8-18(9-11-19)27-15-16-12-17(26)13-23(32-3)25(16)31/h4-7,12-14,18-19,27,31H,8-11,15H2,1-3H3,(H,28,29). The highest BCUT2D eigenvalue weighted by atomic mass is 79.9. The van der Waals surface area contributed by atoms with Crippen LogP contribution in [0.1, 0.15) is 31.2 Å². The van der Waals surface area contributed by atoms with E-state index in [-0.39, 0.29) is 5.75 Å². The predicted octanol–water partition coefficient (Wildman–Crippen LogP) is 5.29. The molecule has 1 saturated carbocycles. The van der Waals surface area contributed by atoms with E-state index in [2.05, 4.69) is 69.8 Å². The fourth-order valence-electron chi connectivity index (χ4n) is 4.42. The minimum Gasteiger partial charge on any atom is -0.504 e. The van der Waals surface area contributed by atoms with Gasteiger partial charge in [0.05, 0.1) is 12.6 Å². The largest absolute Gasteiger partial charge is 0.504 e. The average Bonchev–Trinajstić information content (AvgIpc) is 2.79. The second-order valence-electron chi connectivity index (χ2n) is 8.63. The Bertz CT molecular complexity index is 1080. The molecule has 0 atom stereocenters. The maximum absolute atomic E-state index is 10.4. The molecule has 170 valence electrons. The van der Waals surface area contributed by atoms with Gasteiger partial charge < -0.3 is 25.4 Å². The quantitative estimate of drug-likeness (QED) is 0.411. The number of rotatable bonds is 7. The molecular weight excluding hydrogens is 468 g/mol. The van der Waals surface area contributed by atoms with Gasteiger partial charge in [-0.15, -0.1) is 0 Å². The van der Waals surface area contributed by atoms with Crippen LogP contribution in [0.25, 0.3) is 10.9 Å². The molecular formula is C25H31BrN4O2. The first-order chi connectivity index (χ1) is 15.4. The van der Waals surface area contributed by atoms with Crippen LogP contribution in [0.4, 0.5) is 11.5 Å². The van der Waals surface area contributed by atoms with Crippen molar-refractivity contribution in [2.24, 2.45) is 0 Å².